The predicted molar refractivity (Wildman–Crippen MR) is 109 cm³/mol. The Morgan fingerprint density at radius 2 is 1.70 bits per heavy atom. The van der Waals surface area contributed by atoms with Gasteiger partial charge >= 0.3 is 5.97 Å². The molecule has 152 valence electrons. The van der Waals surface area contributed by atoms with Crippen LogP contribution in [0.2, 0.25) is 0 Å². The Bertz CT molecular complexity index is 1050. The molecule has 0 saturated carbocycles. The zero-order valence-electron chi connectivity index (χ0n) is 15.5. The van der Waals surface area contributed by atoms with Crippen LogP contribution in [0.5, 0.6) is 0 Å². The largest absolute Gasteiger partial charge is 0.448 e. The number of nitrogens with zero attached hydrogens (tertiary/aromatic N) is 1. The summed E-state index contributed by atoms with van der Waals surface area (Å²) in [6.07, 6.45) is -1.31. The van der Waals surface area contributed by atoms with E-state index < -0.39 is 35.2 Å². The second-order valence-electron chi connectivity index (χ2n) is 6.11. The van der Waals surface area contributed by atoms with Crippen LogP contribution in [0.25, 0.3) is 0 Å². The van der Waals surface area contributed by atoms with Crippen molar-refractivity contribution in [1.29, 1.82) is 0 Å². The summed E-state index contributed by atoms with van der Waals surface area (Å²) in [5.41, 5.74) is 0.447. The molecule has 9 heteroatoms. The SMILES string of the molecule is O=C(CNC(=O)c1cccs1)O[C@H](C(=O)c1ccccc1)c1ccc([N+](=O)[O-])cc1. The van der Waals surface area contributed by atoms with E-state index in [2.05, 4.69) is 5.32 Å². The van der Waals surface area contributed by atoms with E-state index in [0.29, 0.717) is 10.4 Å². The maximum atomic E-state index is 12.9. The van der Waals surface area contributed by atoms with Gasteiger partial charge < -0.3 is 10.1 Å². The number of carbonyl (C=O) groups is 3. The molecule has 0 aliphatic rings. The number of ketones is 1. The minimum atomic E-state index is -1.31. The molecule has 0 aliphatic carbocycles. The Morgan fingerprint density at radius 1 is 1.00 bits per heavy atom. The van der Waals surface area contributed by atoms with Gasteiger partial charge in [-0.2, -0.15) is 0 Å². The van der Waals surface area contributed by atoms with Crippen LogP contribution in [0.15, 0.2) is 72.1 Å². The first-order valence-electron chi connectivity index (χ1n) is 8.80. The molecule has 3 aromatic rings. The molecule has 0 aliphatic heterocycles. The molecule has 1 amide bonds. The summed E-state index contributed by atoms with van der Waals surface area (Å²) >= 11 is 1.23. The fourth-order valence-corrected chi connectivity index (χ4v) is 3.26. The molecule has 1 aromatic heterocycles. The van der Waals surface area contributed by atoms with Crippen LogP contribution in [-0.2, 0) is 9.53 Å². The van der Waals surface area contributed by atoms with Crippen molar-refractivity contribution >= 4 is 34.7 Å². The highest BCUT2D eigenvalue weighted by Gasteiger charge is 2.27. The number of benzene rings is 2. The van der Waals surface area contributed by atoms with Gasteiger partial charge in [-0.3, -0.25) is 24.5 Å². The predicted octanol–water partition coefficient (Wildman–Crippen LogP) is 3.55. The molecule has 0 bridgehead atoms. The first-order valence-corrected chi connectivity index (χ1v) is 9.68. The lowest BCUT2D eigenvalue weighted by atomic mass is 9.99. The number of nitro benzene ring substituents is 1. The van der Waals surface area contributed by atoms with Crippen LogP contribution < -0.4 is 5.32 Å². The van der Waals surface area contributed by atoms with Crippen molar-refractivity contribution in [1.82, 2.24) is 5.32 Å². The standard InChI is InChI=1S/C21H16N2O6S/c24-18(13-22-21(26)17-7-4-12-30-17)29-20(19(25)14-5-2-1-3-6-14)15-8-10-16(11-9-15)23(27)28/h1-12,20H,13H2,(H,22,26)/t20-/m0/s1. The lowest BCUT2D eigenvalue weighted by Gasteiger charge is -2.17. The van der Waals surface area contributed by atoms with Gasteiger partial charge in [-0.1, -0.05) is 36.4 Å². The fourth-order valence-electron chi connectivity index (χ4n) is 2.62. The van der Waals surface area contributed by atoms with Crippen molar-refractivity contribution in [2.75, 3.05) is 6.54 Å². The van der Waals surface area contributed by atoms with Gasteiger partial charge in [-0.05, 0) is 23.6 Å². The highest BCUT2D eigenvalue weighted by Crippen LogP contribution is 2.25. The highest BCUT2D eigenvalue weighted by atomic mass is 32.1. The van der Waals surface area contributed by atoms with Gasteiger partial charge in [0.25, 0.3) is 11.6 Å². The molecular weight excluding hydrogens is 408 g/mol. The summed E-state index contributed by atoms with van der Waals surface area (Å²) in [7, 11) is 0. The van der Waals surface area contributed by atoms with Crippen molar-refractivity contribution in [3.63, 3.8) is 0 Å². The molecule has 30 heavy (non-hydrogen) atoms. The fraction of sp³-hybridized carbons (Fsp3) is 0.0952. The molecule has 0 radical (unpaired) electrons. The Balaban J connectivity index is 1.76. The summed E-state index contributed by atoms with van der Waals surface area (Å²) < 4.78 is 5.35. The summed E-state index contributed by atoms with van der Waals surface area (Å²) in [4.78, 5) is 48.0. The third-order valence-electron chi connectivity index (χ3n) is 4.09. The van der Waals surface area contributed by atoms with E-state index in [0.717, 1.165) is 0 Å². The number of nitrogens with one attached hydrogen (secondary N) is 1. The van der Waals surface area contributed by atoms with Gasteiger partial charge in [0.2, 0.25) is 5.78 Å². The van der Waals surface area contributed by atoms with Crippen molar-refractivity contribution in [2.24, 2.45) is 0 Å². The zero-order chi connectivity index (χ0) is 21.5. The molecule has 0 unspecified atom stereocenters. The van der Waals surface area contributed by atoms with Crippen LogP contribution in [0.4, 0.5) is 5.69 Å². The molecule has 0 spiro atoms. The van der Waals surface area contributed by atoms with E-state index in [-0.39, 0.29) is 11.3 Å². The number of Topliss-reactive ketones (excluding diaryl/α,β-unsaturated/α-hetero) is 1. The second kappa shape index (κ2) is 9.57. The smallest absolute Gasteiger partial charge is 0.326 e. The van der Waals surface area contributed by atoms with E-state index >= 15 is 0 Å². The number of thiophene rings is 1. The summed E-state index contributed by atoms with van der Waals surface area (Å²) in [5.74, 6) is -1.72. The number of hydrogen-bond acceptors (Lipinski definition) is 7. The lowest BCUT2D eigenvalue weighted by Crippen LogP contribution is -2.32. The number of rotatable bonds is 8. The number of carbonyl (C=O) groups excluding carboxylic acids is 3. The normalized spacial score (nSPS) is 11.3. The number of nitro groups is 1. The van der Waals surface area contributed by atoms with Crippen LogP contribution in [0.3, 0.4) is 0 Å². The van der Waals surface area contributed by atoms with Gasteiger partial charge in [0.15, 0.2) is 6.10 Å². The van der Waals surface area contributed by atoms with Crippen molar-refractivity contribution < 1.29 is 24.0 Å². The van der Waals surface area contributed by atoms with Crippen LogP contribution >= 0.6 is 11.3 Å². The molecule has 8 nitrogen and oxygen atoms in total. The zero-order valence-corrected chi connectivity index (χ0v) is 16.3. The Hall–Kier alpha value is -3.85. The third-order valence-corrected chi connectivity index (χ3v) is 4.96. The maximum absolute atomic E-state index is 12.9. The van der Waals surface area contributed by atoms with Crippen molar-refractivity contribution in [3.8, 4) is 0 Å². The molecular formula is C21H16N2O6S. The van der Waals surface area contributed by atoms with Crippen LogP contribution in [-0.4, -0.2) is 29.1 Å². The third kappa shape index (κ3) is 5.15. The molecule has 1 heterocycles. The van der Waals surface area contributed by atoms with E-state index in [1.807, 2.05) is 0 Å². The number of amides is 1. The molecule has 3 rings (SSSR count). The van der Waals surface area contributed by atoms with Gasteiger partial charge in [0.05, 0.1) is 9.80 Å². The summed E-state index contributed by atoms with van der Waals surface area (Å²) in [5, 5.41) is 15.0. The van der Waals surface area contributed by atoms with Crippen molar-refractivity contribution in [2.45, 2.75) is 6.10 Å². The monoisotopic (exact) mass is 424 g/mol. The van der Waals surface area contributed by atoms with E-state index in [1.54, 1.807) is 47.8 Å². The minimum absolute atomic E-state index is 0.154. The Morgan fingerprint density at radius 3 is 2.30 bits per heavy atom. The topological polar surface area (TPSA) is 116 Å². The number of non-ortho nitro benzene ring substituents is 1. The van der Waals surface area contributed by atoms with Crippen LogP contribution in [0.1, 0.15) is 31.7 Å². The molecule has 1 atom stereocenters. The molecule has 1 N–H and O–H groups in total. The average molecular weight is 424 g/mol. The molecule has 2 aromatic carbocycles. The number of esters is 1. The number of hydrogen-bond donors (Lipinski definition) is 1. The first-order chi connectivity index (χ1) is 14.5. The maximum Gasteiger partial charge on any atom is 0.326 e. The second-order valence-corrected chi connectivity index (χ2v) is 7.06. The van der Waals surface area contributed by atoms with Crippen molar-refractivity contribution in [3.05, 3.63) is 98.2 Å². The summed E-state index contributed by atoms with van der Waals surface area (Å²) in [6, 6.07) is 16.7. The first kappa shape index (κ1) is 20.9. The van der Waals surface area contributed by atoms with Gasteiger partial charge in [0.1, 0.15) is 6.54 Å². The van der Waals surface area contributed by atoms with Gasteiger partial charge in [-0.15, -0.1) is 11.3 Å². The van der Waals surface area contributed by atoms with Gasteiger partial charge in [-0.25, -0.2) is 0 Å². The lowest BCUT2D eigenvalue weighted by molar-refractivity contribution is -0.384. The average Bonchev–Trinajstić information content (AvgIpc) is 3.31. The Labute approximate surface area is 175 Å². The van der Waals surface area contributed by atoms with E-state index in [1.165, 1.54) is 35.6 Å². The quantitative estimate of drug-likeness (QED) is 0.256. The molecule has 0 fully saturated rings. The summed E-state index contributed by atoms with van der Waals surface area (Å²) in [6.45, 7) is -0.428. The highest BCUT2D eigenvalue weighted by molar-refractivity contribution is 7.12. The number of ether oxygens (including phenoxy) is 1. The van der Waals surface area contributed by atoms with Crippen LogP contribution in [0, 0.1) is 10.1 Å². The molecule has 0 saturated heterocycles. The Kier molecular flexibility index (Phi) is 6.66. The van der Waals surface area contributed by atoms with Gasteiger partial charge in [0, 0.05) is 23.3 Å². The van der Waals surface area contributed by atoms with E-state index in [4.69, 9.17) is 4.74 Å². The minimum Gasteiger partial charge on any atom is -0.448 e. The van der Waals surface area contributed by atoms with E-state index in [9.17, 15) is 24.5 Å².